The first-order valence-corrected chi connectivity index (χ1v) is 10.3. The number of thioether (sulfide) groups is 1. The molecule has 8 heteroatoms. The van der Waals surface area contributed by atoms with Crippen molar-refractivity contribution in [1.29, 1.82) is 0 Å². The molecular formula is C21H14Cl2N2O3S. The second-order valence-corrected chi connectivity index (χ2v) is 7.81. The lowest BCUT2D eigenvalue weighted by Crippen LogP contribution is -2.13. The fourth-order valence-electron chi connectivity index (χ4n) is 2.51. The Morgan fingerprint density at radius 2 is 1.62 bits per heavy atom. The smallest absolute Gasteiger partial charge is 0.257 e. The van der Waals surface area contributed by atoms with E-state index in [0.29, 0.717) is 43.6 Å². The summed E-state index contributed by atoms with van der Waals surface area (Å²) in [7, 11) is 0. The van der Waals surface area contributed by atoms with Crippen LogP contribution in [0.25, 0.3) is 11.1 Å². The van der Waals surface area contributed by atoms with Crippen LogP contribution in [0.4, 0.5) is 5.69 Å². The van der Waals surface area contributed by atoms with Crippen molar-refractivity contribution in [1.82, 2.24) is 4.98 Å². The Balaban J connectivity index is 1.31. The maximum Gasteiger partial charge on any atom is 0.257 e. The van der Waals surface area contributed by atoms with Gasteiger partial charge >= 0.3 is 0 Å². The minimum atomic E-state index is -0.165. The quantitative estimate of drug-likeness (QED) is 0.337. The second kappa shape index (κ2) is 8.78. The number of benzene rings is 3. The molecule has 3 aromatic carbocycles. The van der Waals surface area contributed by atoms with E-state index in [2.05, 4.69) is 10.3 Å². The summed E-state index contributed by atoms with van der Waals surface area (Å²) >= 11 is 13.0. The Kier molecular flexibility index (Phi) is 5.94. The van der Waals surface area contributed by atoms with Crippen molar-refractivity contribution in [2.24, 2.45) is 0 Å². The number of fused-ring (bicyclic) bond motifs is 1. The van der Waals surface area contributed by atoms with Crippen LogP contribution in [0.15, 0.2) is 76.4 Å². The van der Waals surface area contributed by atoms with Crippen molar-refractivity contribution in [3.8, 4) is 11.5 Å². The molecule has 1 heterocycles. The summed E-state index contributed by atoms with van der Waals surface area (Å²) in [5, 5.41) is 4.49. The number of halogens is 2. The third-order valence-electron chi connectivity index (χ3n) is 3.84. The van der Waals surface area contributed by atoms with Crippen LogP contribution in [-0.2, 0) is 4.79 Å². The van der Waals surface area contributed by atoms with Gasteiger partial charge in [0.05, 0.1) is 5.75 Å². The van der Waals surface area contributed by atoms with E-state index in [1.165, 1.54) is 11.8 Å². The van der Waals surface area contributed by atoms with Gasteiger partial charge in [-0.15, -0.1) is 0 Å². The van der Waals surface area contributed by atoms with Gasteiger partial charge < -0.3 is 14.5 Å². The summed E-state index contributed by atoms with van der Waals surface area (Å²) in [6, 6.07) is 19.4. The molecule has 1 amide bonds. The van der Waals surface area contributed by atoms with Crippen LogP contribution in [0.5, 0.6) is 11.5 Å². The van der Waals surface area contributed by atoms with Crippen LogP contribution in [0.1, 0.15) is 0 Å². The predicted molar refractivity (Wildman–Crippen MR) is 116 cm³/mol. The average Bonchev–Trinajstić information content (AvgIpc) is 3.12. The van der Waals surface area contributed by atoms with Crippen LogP contribution in [0, 0.1) is 0 Å². The Morgan fingerprint density at radius 3 is 2.34 bits per heavy atom. The molecule has 0 aliphatic heterocycles. The van der Waals surface area contributed by atoms with E-state index in [1.807, 2.05) is 0 Å². The highest BCUT2D eigenvalue weighted by Crippen LogP contribution is 2.27. The minimum absolute atomic E-state index is 0.165. The van der Waals surface area contributed by atoms with Crippen molar-refractivity contribution in [3.63, 3.8) is 0 Å². The zero-order valence-electron chi connectivity index (χ0n) is 14.9. The van der Waals surface area contributed by atoms with Gasteiger partial charge in [0.15, 0.2) is 5.58 Å². The number of ether oxygens (including phenoxy) is 1. The zero-order chi connectivity index (χ0) is 20.2. The Labute approximate surface area is 181 Å². The zero-order valence-corrected chi connectivity index (χ0v) is 17.2. The summed E-state index contributed by atoms with van der Waals surface area (Å²) in [5.74, 6) is 1.34. The maximum atomic E-state index is 12.2. The van der Waals surface area contributed by atoms with E-state index >= 15 is 0 Å². The van der Waals surface area contributed by atoms with Crippen molar-refractivity contribution in [2.45, 2.75) is 5.22 Å². The Morgan fingerprint density at radius 1 is 0.966 bits per heavy atom. The minimum Gasteiger partial charge on any atom is -0.457 e. The van der Waals surface area contributed by atoms with Gasteiger partial charge in [-0.1, -0.05) is 35.0 Å². The number of nitrogens with zero attached hydrogens (tertiary/aromatic N) is 1. The lowest BCUT2D eigenvalue weighted by Gasteiger charge is -2.08. The molecule has 0 saturated heterocycles. The fourth-order valence-corrected chi connectivity index (χ4v) is 3.44. The molecule has 5 nitrogen and oxygen atoms in total. The van der Waals surface area contributed by atoms with Gasteiger partial charge in [-0.2, -0.15) is 0 Å². The van der Waals surface area contributed by atoms with Gasteiger partial charge in [0.1, 0.15) is 17.0 Å². The molecule has 0 atom stereocenters. The third kappa shape index (κ3) is 5.23. The molecule has 0 unspecified atom stereocenters. The number of hydrogen-bond donors (Lipinski definition) is 1. The number of anilines is 1. The van der Waals surface area contributed by atoms with Crippen molar-refractivity contribution in [2.75, 3.05) is 11.1 Å². The number of carbonyl (C=O) groups is 1. The standard InChI is InChI=1S/C21H14Cl2N2O3S/c22-13-1-6-16(7-2-13)27-17-8-4-15(5-9-17)24-20(26)12-29-21-25-18-11-14(23)3-10-19(18)28-21/h1-11H,12H2,(H,24,26). The molecule has 1 N–H and O–H groups in total. The highest BCUT2D eigenvalue weighted by atomic mass is 35.5. The topological polar surface area (TPSA) is 64.4 Å². The lowest BCUT2D eigenvalue weighted by molar-refractivity contribution is -0.113. The van der Waals surface area contributed by atoms with E-state index in [9.17, 15) is 4.79 Å². The summed E-state index contributed by atoms with van der Waals surface area (Å²) in [6.45, 7) is 0. The van der Waals surface area contributed by atoms with Crippen LogP contribution >= 0.6 is 35.0 Å². The van der Waals surface area contributed by atoms with Crippen LogP contribution in [0.2, 0.25) is 10.0 Å². The van der Waals surface area contributed by atoms with Gasteiger partial charge in [0, 0.05) is 15.7 Å². The van der Waals surface area contributed by atoms with Gasteiger partial charge in [0.2, 0.25) is 5.91 Å². The molecule has 0 radical (unpaired) electrons. The number of nitrogens with one attached hydrogen (secondary N) is 1. The molecule has 0 aliphatic carbocycles. The third-order valence-corrected chi connectivity index (χ3v) is 5.16. The van der Waals surface area contributed by atoms with E-state index in [1.54, 1.807) is 66.7 Å². The summed E-state index contributed by atoms with van der Waals surface area (Å²) in [4.78, 5) is 16.5. The average molecular weight is 445 g/mol. The number of amides is 1. The first kappa shape index (κ1) is 19.6. The van der Waals surface area contributed by atoms with Gasteiger partial charge in [-0.25, -0.2) is 4.98 Å². The molecule has 0 bridgehead atoms. The lowest BCUT2D eigenvalue weighted by atomic mass is 10.3. The molecule has 4 aromatic rings. The van der Waals surface area contributed by atoms with E-state index in [4.69, 9.17) is 32.4 Å². The van der Waals surface area contributed by atoms with Gasteiger partial charge in [-0.05, 0) is 66.7 Å². The van der Waals surface area contributed by atoms with Gasteiger partial charge in [-0.3, -0.25) is 4.79 Å². The van der Waals surface area contributed by atoms with Gasteiger partial charge in [0.25, 0.3) is 5.22 Å². The SMILES string of the molecule is O=C(CSc1nc2cc(Cl)ccc2o1)Nc1ccc(Oc2ccc(Cl)cc2)cc1. The summed E-state index contributed by atoms with van der Waals surface area (Å²) in [5.41, 5.74) is 1.97. The monoisotopic (exact) mass is 444 g/mol. The molecule has 0 saturated carbocycles. The van der Waals surface area contributed by atoms with Crippen LogP contribution < -0.4 is 10.1 Å². The van der Waals surface area contributed by atoms with Crippen molar-refractivity contribution >= 4 is 57.7 Å². The number of carbonyl (C=O) groups excluding carboxylic acids is 1. The molecule has 4 rings (SSSR count). The van der Waals surface area contributed by atoms with E-state index in [-0.39, 0.29) is 11.7 Å². The van der Waals surface area contributed by atoms with E-state index < -0.39 is 0 Å². The Hall–Kier alpha value is -2.67. The summed E-state index contributed by atoms with van der Waals surface area (Å²) in [6.07, 6.45) is 0. The Bertz CT molecular complexity index is 1150. The molecule has 1 aromatic heterocycles. The largest absolute Gasteiger partial charge is 0.457 e. The van der Waals surface area contributed by atoms with Crippen molar-refractivity contribution in [3.05, 3.63) is 76.8 Å². The number of rotatable bonds is 6. The van der Waals surface area contributed by atoms with Crippen molar-refractivity contribution < 1.29 is 13.9 Å². The first-order valence-electron chi connectivity index (χ1n) is 8.57. The van der Waals surface area contributed by atoms with E-state index in [0.717, 1.165) is 0 Å². The molecule has 146 valence electrons. The number of oxazole rings is 1. The molecule has 29 heavy (non-hydrogen) atoms. The number of hydrogen-bond acceptors (Lipinski definition) is 5. The first-order chi connectivity index (χ1) is 14.0. The van der Waals surface area contributed by atoms with Crippen LogP contribution in [0.3, 0.4) is 0 Å². The predicted octanol–water partition coefficient (Wildman–Crippen LogP) is 6.66. The maximum absolute atomic E-state index is 12.2. The molecule has 0 spiro atoms. The fraction of sp³-hybridized carbons (Fsp3) is 0.0476. The highest BCUT2D eigenvalue weighted by molar-refractivity contribution is 7.99. The molecule has 0 aliphatic rings. The highest BCUT2D eigenvalue weighted by Gasteiger charge is 2.10. The second-order valence-electron chi connectivity index (χ2n) is 6.01. The molecule has 0 fully saturated rings. The number of aromatic nitrogens is 1. The molecular weight excluding hydrogens is 431 g/mol. The van der Waals surface area contributed by atoms with Crippen LogP contribution in [-0.4, -0.2) is 16.6 Å². The summed E-state index contributed by atoms with van der Waals surface area (Å²) < 4.78 is 11.3. The normalized spacial score (nSPS) is 10.8.